The maximum atomic E-state index is 6.01. The number of nitrogens with two attached hydrogens (primary N) is 1. The highest BCUT2D eigenvalue weighted by molar-refractivity contribution is 7.99. The van der Waals surface area contributed by atoms with E-state index in [1.165, 1.54) is 4.90 Å². The molecule has 1 unspecified atom stereocenters. The van der Waals surface area contributed by atoms with E-state index in [0.29, 0.717) is 5.82 Å². The summed E-state index contributed by atoms with van der Waals surface area (Å²) in [6.45, 7) is 2.06. The van der Waals surface area contributed by atoms with Crippen molar-refractivity contribution in [2.45, 2.75) is 17.9 Å². The number of halogens is 1. The van der Waals surface area contributed by atoms with Gasteiger partial charge >= 0.3 is 0 Å². The lowest BCUT2D eigenvalue weighted by molar-refractivity contribution is 0.657. The van der Waals surface area contributed by atoms with Crippen molar-refractivity contribution in [3.8, 4) is 0 Å². The molecule has 1 heterocycles. The summed E-state index contributed by atoms with van der Waals surface area (Å²) in [5.74, 6) is 1.48. The van der Waals surface area contributed by atoms with Crippen LogP contribution in [0.15, 0.2) is 41.4 Å². The zero-order valence-electron chi connectivity index (χ0n) is 11.6. The average Bonchev–Trinajstić information content (AvgIpc) is 2.44. The van der Waals surface area contributed by atoms with Gasteiger partial charge in [-0.3, -0.25) is 0 Å². The quantitative estimate of drug-likeness (QED) is 0.827. The summed E-state index contributed by atoms with van der Waals surface area (Å²) in [5.41, 5.74) is 8.25. The highest BCUT2D eigenvalue weighted by Gasteiger charge is 2.16. The molecular formula is C15H18ClN3S. The number of rotatable bonds is 5. The minimum Gasteiger partial charge on any atom is -0.383 e. The Balaban J connectivity index is 2.11. The van der Waals surface area contributed by atoms with Crippen LogP contribution in [-0.2, 0) is 0 Å². The lowest BCUT2D eigenvalue weighted by atomic mass is 10.0. The van der Waals surface area contributed by atoms with Crippen molar-refractivity contribution in [2.75, 3.05) is 18.5 Å². The van der Waals surface area contributed by atoms with Gasteiger partial charge in [-0.1, -0.05) is 11.6 Å². The summed E-state index contributed by atoms with van der Waals surface area (Å²) in [4.78, 5) is 5.38. The minimum atomic E-state index is 0.171. The second-order valence-electron chi connectivity index (χ2n) is 4.53. The summed E-state index contributed by atoms with van der Waals surface area (Å²) in [6.07, 6.45) is 1.74. The summed E-state index contributed by atoms with van der Waals surface area (Å²) in [6, 6.07) is 10.0. The normalized spacial score (nSPS) is 12.3. The predicted octanol–water partition coefficient (Wildman–Crippen LogP) is 3.68. The molecule has 1 aromatic heterocycles. The van der Waals surface area contributed by atoms with Crippen molar-refractivity contribution < 1.29 is 0 Å². The third-order valence-corrected chi connectivity index (χ3v) is 4.52. The molecule has 0 fully saturated rings. The lowest BCUT2D eigenvalue weighted by Gasteiger charge is -2.19. The van der Waals surface area contributed by atoms with E-state index >= 15 is 0 Å². The van der Waals surface area contributed by atoms with E-state index in [-0.39, 0.29) is 6.04 Å². The highest BCUT2D eigenvalue weighted by Crippen LogP contribution is 2.29. The molecule has 1 atom stereocenters. The average molecular weight is 308 g/mol. The molecule has 20 heavy (non-hydrogen) atoms. The van der Waals surface area contributed by atoms with Crippen molar-refractivity contribution in [3.05, 3.63) is 52.7 Å². The molecule has 3 nitrogen and oxygen atoms in total. The molecular weight excluding hydrogens is 290 g/mol. The number of nitrogens with one attached hydrogen (secondary N) is 1. The van der Waals surface area contributed by atoms with Crippen LogP contribution in [0.25, 0.3) is 0 Å². The molecule has 0 bridgehead atoms. The fraction of sp³-hybridized carbons (Fsp3) is 0.267. The summed E-state index contributed by atoms with van der Waals surface area (Å²) < 4.78 is 0. The number of aromatic nitrogens is 1. The molecule has 0 aliphatic rings. The van der Waals surface area contributed by atoms with Gasteiger partial charge in [0.25, 0.3) is 0 Å². The molecule has 0 aliphatic heterocycles. The first-order valence-corrected chi connectivity index (χ1v) is 7.74. The Bertz CT molecular complexity index is 552. The topological polar surface area (TPSA) is 50.9 Å². The van der Waals surface area contributed by atoms with Crippen LogP contribution in [0.5, 0.6) is 0 Å². The standard InChI is InChI=1S/C15H18ClN3S/c1-10-7-8-19-15(17)14(10)13(18-2)9-20-12-5-3-11(16)4-6-12/h3-8,13,18H,9H2,1-2H3,(H2,17,19). The van der Waals surface area contributed by atoms with E-state index in [9.17, 15) is 0 Å². The number of anilines is 1. The summed E-state index contributed by atoms with van der Waals surface area (Å²) in [7, 11) is 1.94. The monoisotopic (exact) mass is 307 g/mol. The highest BCUT2D eigenvalue weighted by atomic mass is 35.5. The zero-order valence-corrected chi connectivity index (χ0v) is 13.1. The molecule has 0 saturated heterocycles. The fourth-order valence-corrected chi connectivity index (χ4v) is 3.21. The summed E-state index contributed by atoms with van der Waals surface area (Å²) in [5, 5.41) is 4.07. The smallest absolute Gasteiger partial charge is 0.128 e. The molecule has 0 amide bonds. The van der Waals surface area contributed by atoms with Gasteiger partial charge in [0.15, 0.2) is 0 Å². The van der Waals surface area contributed by atoms with Crippen molar-refractivity contribution in [1.29, 1.82) is 0 Å². The van der Waals surface area contributed by atoms with Gasteiger partial charge in [0.1, 0.15) is 5.82 Å². The van der Waals surface area contributed by atoms with Crippen LogP contribution in [0.4, 0.5) is 5.82 Å². The number of aryl methyl sites for hydroxylation is 1. The van der Waals surface area contributed by atoms with Gasteiger partial charge in [-0.15, -0.1) is 11.8 Å². The maximum absolute atomic E-state index is 6.01. The number of benzene rings is 1. The lowest BCUT2D eigenvalue weighted by Crippen LogP contribution is -2.21. The van der Waals surface area contributed by atoms with Gasteiger partial charge in [-0.05, 0) is 49.9 Å². The van der Waals surface area contributed by atoms with Crippen LogP contribution < -0.4 is 11.1 Å². The molecule has 106 valence electrons. The van der Waals surface area contributed by atoms with Crippen LogP contribution in [0.1, 0.15) is 17.2 Å². The number of hydrogen-bond acceptors (Lipinski definition) is 4. The predicted molar refractivity (Wildman–Crippen MR) is 87.4 cm³/mol. The first-order valence-electron chi connectivity index (χ1n) is 6.38. The fourth-order valence-electron chi connectivity index (χ4n) is 2.07. The Labute approximate surface area is 128 Å². The Morgan fingerprint density at radius 2 is 2.00 bits per heavy atom. The molecule has 3 N–H and O–H groups in total. The number of thioether (sulfide) groups is 1. The Morgan fingerprint density at radius 3 is 2.60 bits per heavy atom. The summed E-state index contributed by atoms with van der Waals surface area (Å²) >= 11 is 7.66. The third kappa shape index (κ3) is 3.66. The molecule has 0 radical (unpaired) electrons. The third-order valence-electron chi connectivity index (χ3n) is 3.17. The van der Waals surface area contributed by atoms with Crippen molar-refractivity contribution in [1.82, 2.24) is 10.3 Å². The van der Waals surface area contributed by atoms with E-state index in [1.807, 2.05) is 37.4 Å². The molecule has 0 spiro atoms. The number of nitrogens with zero attached hydrogens (tertiary/aromatic N) is 1. The van der Waals surface area contributed by atoms with Gasteiger partial charge in [-0.2, -0.15) is 0 Å². The van der Waals surface area contributed by atoms with E-state index in [2.05, 4.69) is 17.2 Å². The van der Waals surface area contributed by atoms with Crippen molar-refractivity contribution in [2.24, 2.45) is 0 Å². The Morgan fingerprint density at radius 1 is 1.30 bits per heavy atom. The molecule has 2 aromatic rings. The second-order valence-corrected chi connectivity index (χ2v) is 6.06. The molecule has 1 aromatic carbocycles. The zero-order chi connectivity index (χ0) is 14.5. The number of pyridine rings is 1. The number of hydrogen-bond donors (Lipinski definition) is 2. The van der Waals surface area contributed by atoms with Gasteiger partial charge in [0, 0.05) is 33.5 Å². The first-order chi connectivity index (χ1) is 9.61. The van der Waals surface area contributed by atoms with Gasteiger partial charge in [-0.25, -0.2) is 4.98 Å². The molecule has 5 heteroatoms. The first kappa shape index (κ1) is 15.2. The van der Waals surface area contributed by atoms with Crippen LogP contribution in [0.3, 0.4) is 0 Å². The SMILES string of the molecule is CNC(CSc1ccc(Cl)cc1)c1c(C)ccnc1N. The number of nitrogen functional groups attached to an aromatic ring is 1. The van der Waals surface area contributed by atoms with E-state index in [1.54, 1.807) is 18.0 Å². The largest absolute Gasteiger partial charge is 0.383 e. The van der Waals surface area contributed by atoms with Gasteiger partial charge < -0.3 is 11.1 Å². The van der Waals surface area contributed by atoms with E-state index in [4.69, 9.17) is 17.3 Å². The molecule has 0 aliphatic carbocycles. The Hall–Kier alpha value is -1.23. The van der Waals surface area contributed by atoms with Crippen LogP contribution in [0.2, 0.25) is 5.02 Å². The maximum Gasteiger partial charge on any atom is 0.128 e. The Kier molecular flexibility index (Phi) is 5.29. The van der Waals surface area contributed by atoms with E-state index < -0.39 is 0 Å². The van der Waals surface area contributed by atoms with Crippen molar-refractivity contribution >= 4 is 29.2 Å². The molecule has 2 rings (SSSR count). The van der Waals surface area contributed by atoms with Crippen LogP contribution in [-0.4, -0.2) is 17.8 Å². The molecule has 0 saturated carbocycles. The van der Waals surface area contributed by atoms with Gasteiger partial charge in [0.2, 0.25) is 0 Å². The van der Waals surface area contributed by atoms with Crippen molar-refractivity contribution in [3.63, 3.8) is 0 Å². The second kappa shape index (κ2) is 6.97. The van der Waals surface area contributed by atoms with Crippen LogP contribution in [0, 0.1) is 6.92 Å². The van der Waals surface area contributed by atoms with Gasteiger partial charge in [0.05, 0.1) is 0 Å². The minimum absolute atomic E-state index is 0.171. The van der Waals surface area contributed by atoms with E-state index in [0.717, 1.165) is 21.9 Å². The van der Waals surface area contributed by atoms with Crippen LogP contribution >= 0.6 is 23.4 Å².